The molecule has 0 spiro atoms. The van der Waals surface area contributed by atoms with Gasteiger partial charge in [-0.2, -0.15) is 0 Å². The Hall–Kier alpha value is -2.09. The molecule has 0 fully saturated rings. The summed E-state index contributed by atoms with van der Waals surface area (Å²) in [7, 11) is -6.19. The SMILES string of the molecule is CCOP(=O)(CO[C@@H](COCc1ccccc1)CO[Si](c1ccccc1)(c1ccccc1)C(C)(C)C)OCC. The zero-order valence-electron chi connectivity index (χ0n) is 23.9. The molecule has 212 valence electrons. The van der Waals surface area contributed by atoms with E-state index in [9.17, 15) is 4.57 Å². The Balaban J connectivity index is 1.89. The van der Waals surface area contributed by atoms with Crippen LogP contribution in [0, 0.1) is 0 Å². The lowest BCUT2D eigenvalue weighted by Gasteiger charge is -2.43. The Morgan fingerprint density at radius 3 is 1.69 bits per heavy atom. The molecule has 0 aliphatic heterocycles. The highest BCUT2D eigenvalue weighted by Crippen LogP contribution is 2.48. The second-order valence-electron chi connectivity index (χ2n) is 10.3. The van der Waals surface area contributed by atoms with E-state index in [1.54, 1.807) is 13.8 Å². The maximum atomic E-state index is 13.2. The number of rotatable bonds is 16. The molecule has 0 saturated heterocycles. The van der Waals surface area contributed by atoms with Gasteiger partial charge in [-0.3, -0.25) is 4.57 Å². The Morgan fingerprint density at radius 1 is 0.744 bits per heavy atom. The zero-order chi connectivity index (χ0) is 28.2. The lowest BCUT2D eigenvalue weighted by molar-refractivity contribution is -0.0337. The van der Waals surface area contributed by atoms with Gasteiger partial charge in [-0.05, 0) is 34.8 Å². The van der Waals surface area contributed by atoms with Crippen LogP contribution in [-0.4, -0.2) is 47.2 Å². The summed E-state index contributed by atoms with van der Waals surface area (Å²) in [5.41, 5.74) is 1.07. The molecule has 8 heteroatoms. The van der Waals surface area contributed by atoms with Crippen LogP contribution in [0.4, 0.5) is 0 Å². The van der Waals surface area contributed by atoms with Crippen LogP contribution in [0.25, 0.3) is 0 Å². The molecule has 0 amide bonds. The fourth-order valence-corrected chi connectivity index (χ4v) is 10.7. The summed E-state index contributed by atoms with van der Waals surface area (Å²) in [5.74, 6) is 0. The third-order valence-corrected chi connectivity index (χ3v) is 13.2. The molecule has 3 rings (SSSR count). The van der Waals surface area contributed by atoms with E-state index in [-0.39, 0.29) is 37.8 Å². The van der Waals surface area contributed by atoms with Gasteiger partial charge in [-0.25, -0.2) is 0 Å². The fraction of sp³-hybridized carbons (Fsp3) is 0.419. The van der Waals surface area contributed by atoms with Crippen molar-refractivity contribution in [1.82, 2.24) is 0 Å². The summed E-state index contributed by atoms with van der Waals surface area (Å²) in [6, 6.07) is 30.9. The van der Waals surface area contributed by atoms with E-state index in [1.165, 1.54) is 10.4 Å². The van der Waals surface area contributed by atoms with E-state index < -0.39 is 22.0 Å². The van der Waals surface area contributed by atoms with Gasteiger partial charge in [0, 0.05) is 0 Å². The van der Waals surface area contributed by atoms with Crippen molar-refractivity contribution in [3.8, 4) is 0 Å². The van der Waals surface area contributed by atoms with Crippen molar-refractivity contribution in [2.75, 3.05) is 32.8 Å². The van der Waals surface area contributed by atoms with E-state index in [0.717, 1.165) is 5.56 Å². The average molecular weight is 571 g/mol. The van der Waals surface area contributed by atoms with Crippen LogP contribution in [-0.2, 0) is 34.1 Å². The van der Waals surface area contributed by atoms with Gasteiger partial charge < -0.3 is 22.9 Å². The molecule has 3 aromatic carbocycles. The quantitative estimate of drug-likeness (QED) is 0.147. The lowest BCUT2D eigenvalue weighted by Crippen LogP contribution is -2.67. The molecule has 0 heterocycles. The predicted molar refractivity (Wildman–Crippen MR) is 160 cm³/mol. The van der Waals surface area contributed by atoms with E-state index in [2.05, 4.69) is 69.3 Å². The topological polar surface area (TPSA) is 63.2 Å². The summed E-state index contributed by atoms with van der Waals surface area (Å²) in [4.78, 5) is 0. The summed E-state index contributed by atoms with van der Waals surface area (Å²) >= 11 is 0. The maximum absolute atomic E-state index is 13.2. The molecule has 0 saturated carbocycles. The first-order valence-corrected chi connectivity index (χ1v) is 17.2. The van der Waals surface area contributed by atoms with Crippen LogP contribution in [0.2, 0.25) is 5.04 Å². The lowest BCUT2D eigenvalue weighted by atomic mass is 10.2. The summed E-state index contributed by atoms with van der Waals surface area (Å²) in [5, 5.41) is 2.18. The van der Waals surface area contributed by atoms with Crippen LogP contribution in [0.1, 0.15) is 40.2 Å². The van der Waals surface area contributed by atoms with E-state index in [0.29, 0.717) is 6.61 Å². The highest BCUT2D eigenvalue weighted by Gasteiger charge is 2.50. The summed E-state index contributed by atoms with van der Waals surface area (Å²) in [6.07, 6.45) is -0.650. The molecule has 0 unspecified atom stereocenters. The van der Waals surface area contributed by atoms with Crippen molar-refractivity contribution in [2.45, 2.75) is 52.4 Å². The molecule has 6 nitrogen and oxygen atoms in total. The predicted octanol–water partition coefficient (Wildman–Crippen LogP) is 6.39. The van der Waals surface area contributed by atoms with Gasteiger partial charge in [-0.15, -0.1) is 0 Å². The molecule has 1 atom stereocenters. The van der Waals surface area contributed by atoms with E-state index >= 15 is 0 Å². The fourth-order valence-electron chi connectivity index (χ4n) is 4.71. The second kappa shape index (κ2) is 15.1. The molecule has 39 heavy (non-hydrogen) atoms. The maximum Gasteiger partial charge on any atom is 0.356 e. The van der Waals surface area contributed by atoms with Crippen LogP contribution >= 0.6 is 7.60 Å². The van der Waals surface area contributed by atoms with Gasteiger partial charge in [0.15, 0.2) is 0 Å². The molecule has 0 radical (unpaired) electrons. The van der Waals surface area contributed by atoms with E-state index in [1.807, 2.05) is 42.5 Å². The second-order valence-corrected chi connectivity index (χ2v) is 16.6. The van der Waals surface area contributed by atoms with Crippen LogP contribution in [0.3, 0.4) is 0 Å². The van der Waals surface area contributed by atoms with Gasteiger partial charge in [-0.1, -0.05) is 112 Å². The van der Waals surface area contributed by atoms with Gasteiger partial charge in [0.1, 0.15) is 12.5 Å². The van der Waals surface area contributed by atoms with Gasteiger partial charge >= 0.3 is 7.60 Å². The molecule has 0 aromatic heterocycles. The van der Waals surface area contributed by atoms with E-state index in [4.69, 9.17) is 22.9 Å². The van der Waals surface area contributed by atoms with Crippen LogP contribution < -0.4 is 10.4 Å². The molecule has 0 aliphatic carbocycles. The van der Waals surface area contributed by atoms with Gasteiger partial charge in [0.25, 0.3) is 8.32 Å². The number of benzene rings is 3. The summed E-state index contributed by atoms with van der Waals surface area (Å²) < 4.78 is 43.4. The monoisotopic (exact) mass is 570 g/mol. The largest absolute Gasteiger partial charge is 0.405 e. The van der Waals surface area contributed by atoms with Crippen LogP contribution in [0.5, 0.6) is 0 Å². The average Bonchev–Trinajstić information content (AvgIpc) is 2.93. The van der Waals surface area contributed by atoms with Crippen molar-refractivity contribution < 1.29 is 27.5 Å². The minimum absolute atomic E-state index is 0.169. The van der Waals surface area contributed by atoms with Crippen molar-refractivity contribution in [1.29, 1.82) is 0 Å². The van der Waals surface area contributed by atoms with Crippen LogP contribution in [0.15, 0.2) is 91.0 Å². The third-order valence-electron chi connectivity index (χ3n) is 6.44. The Bertz CT molecular complexity index is 1090. The normalized spacial score (nSPS) is 13.4. The first-order valence-electron chi connectivity index (χ1n) is 13.6. The van der Waals surface area contributed by atoms with Crippen molar-refractivity contribution in [3.63, 3.8) is 0 Å². The molecule has 0 N–H and O–H groups in total. The van der Waals surface area contributed by atoms with Crippen molar-refractivity contribution in [3.05, 3.63) is 96.6 Å². The number of hydrogen-bond donors (Lipinski definition) is 0. The number of ether oxygens (including phenoxy) is 2. The minimum Gasteiger partial charge on any atom is -0.405 e. The Morgan fingerprint density at radius 2 is 1.23 bits per heavy atom. The highest BCUT2D eigenvalue weighted by atomic mass is 31.2. The summed E-state index contributed by atoms with van der Waals surface area (Å²) in [6.45, 7) is 11.8. The highest BCUT2D eigenvalue weighted by molar-refractivity contribution is 7.53. The number of hydrogen-bond acceptors (Lipinski definition) is 6. The van der Waals surface area contributed by atoms with Crippen molar-refractivity contribution in [2.24, 2.45) is 0 Å². The standard InChI is InChI=1S/C31H43O6PSi/c1-6-35-38(32,36-7-2)26-34-28(24-33-23-27-17-11-8-12-18-27)25-37-39(31(3,4)5,29-19-13-9-14-20-29)30-21-15-10-16-22-30/h8-22,28H,6-7,23-26H2,1-5H3/t28-/m0/s1. The Labute approximate surface area is 235 Å². The zero-order valence-corrected chi connectivity index (χ0v) is 25.8. The minimum atomic E-state index is -3.40. The first-order chi connectivity index (χ1) is 18.7. The van der Waals surface area contributed by atoms with Gasteiger partial charge in [0.2, 0.25) is 0 Å². The third kappa shape index (κ3) is 8.69. The molecule has 0 bridgehead atoms. The van der Waals surface area contributed by atoms with Crippen molar-refractivity contribution >= 4 is 26.3 Å². The molecule has 0 aliphatic rings. The Kier molecular flexibility index (Phi) is 12.1. The smallest absolute Gasteiger partial charge is 0.356 e. The molecular weight excluding hydrogens is 527 g/mol. The molecular formula is C31H43O6PSi. The molecule has 3 aromatic rings. The van der Waals surface area contributed by atoms with Gasteiger partial charge in [0.05, 0.1) is 33.0 Å². The first kappa shape index (κ1) is 31.4.